The van der Waals surface area contributed by atoms with E-state index < -0.39 is 0 Å². The highest BCUT2D eigenvalue weighted by atomic mass is 16.5. The molecular weight excluding hydrogens is 412 g/mol. The van der Waals surface area contributed by atoms with Crippen LogP contribution in [0.5, 0.6) is 17.2 Å². The van der Waals surface area contributed by atoms with Gasteiger partial charge >= 0.3 is 0 Å². The van der Waals surface area contributed by atoms with Crippen LogP contribution in [0.15, 0.2) is 63.9 Å². The Labute approximate surface area is 184 Å². The molecule has 9 heteroatoms. The van der Waals surface area contributed by atoms with Crippen LogP contribution >= 0.6 is 0 Å². The van der Waals surface area contributed by atoms with Crippen molar-refractivity contribution in [2.24, 2.45) is 0 Å². The predicted octanol–water partition coefficient (Wildman–Crippen LogP) is 3.42. The first-order chi connectivity index (χ1) is 15.6. The average molecular weight is 434 g/mol. The van der Waals surface area contributed by atoms with Crippen LogP contribution in [0.3, 0.4) is 0 Å². The second-order valence-electron chi connectivity index (χ2n) is 6.78. The van der Waals surface area contributed by atoms with Gasteiger partial charge in [-0.1, -0.05) is 5.16 Å². The van der Waals surface area contributed by atoms with Gasteiger partial charge in [-0.05, 0) is 49.4 Å². The van der Waals surface area contributed by atoms with Gasteiger partial charge in [-0.25, -0.2) is 4.68 Å². The summed E-state index contributed by atoms with van der Waals surface area (Å²) >= 11 is 0. The van der Waals surface area contributed by atoms with E-state index in [2.05, 4.69) is 15.2 Å². The fourth-order valence-electron chi connectivity index (χ4n) is 3.11. The van der Waals surface area contributed by atoms with E-state index in [-0.39, 0.29) is 18.0 Å². The lowest BCUT2D eigenvalue weighted by atomic mass is 10.1. The molecule has 2 heterocycles. The Morgan fingerprint density at radius 1 is 0.906 bits per heavy atom. The van der Waals surface area contributed by atoms with E-state index >= 15 is 0 Å². The number of methoxy groups -OCH3 is 2. The summed E-state index contributed by atoms with van der Waals surface area (Å²) in [4.78, 5) is 16.7. The summed E-state index contributed by atoms with van der Waals surface area (Å²) in [7, 11) is 3.13. The molecule has 9 nitrogen and oxygen atoms in total. The van der Waals surface area contributed by atoms with Crippen molar-refractivity contribution in [2.45, 2.75) is 13.5 Å². The first-order valence-electron chi connectivity index (χ1n) is 9.97. The lowest BCUT2D eigenvalue weighted by Gasteiger charge is -2.07. The molecule has 0 aliphatic heterocycles. The minimum Gasteiger partial charge on any atom is -0.497 e. The zero-order chi connectivity index (χ0) is 22.5. The standard InChI is InChI=1S/C23H22N4O5/c1-4-31-17-7-5-15(6-8-17)20-9-10-22(28)27(25-20)14-21-24-23(26-32-21)16-11-18(29-2)13-19(12-16)30-3/h5-13H,4,14H2,1-3H3. The molecule has 2 aromatic heterocycles. The largest absolute Gasteiger partial charge is 0.497 e. The van der Waals surface area contributed by atoms with Crippen LogP contribution in [0, 0.1) is 0 Å². The van der Waals surface area contributed by atoms with Crippen LogP contribution in [-0.4, -0.2) is 40.7 Å². The molecule has 2 aromatic carbocycles. The SMILES string of the molecule is CCOc1ccc(-c2ccc(=O)n(Cc3nc(-c4cc(OC)cc(OC)c4)no3)n2)cc1. The van der Waals surface area contributed by atoms with Crippen LogP contribution in [0.25, 0.3) is 22.6 Å². The van der Waals surface area contributed by atoms with Gasteiger partial charge in [-0.3, -0.25) is 4.79 Å². The number of nitrogens with zero attached hydrogens (tertiary/aromatic N) is 4. The predicted molar refractivity (Wildman–Crippen MR) is 117 cm³/mol. The summed E-state index contributed by atoms with van der Waals surface area (Å²) in [6, 6.07) is 15.9. The van der Waals surface area contributed by atoms with Gasteiger partial charge in [-0.15, -0.1) is 0 Å². The molecule has 32 heavy (non-hydrogen) atoms. The number of aromatic nitrogens is 4. The first-order valence-corrected chi connectivity index (χ1v) is 9.97. The molecule has 0 saturated carbocycles. The second kappa shape index (κ2) is 9.34. The summed E-state index contributed by atoms with van der Waals surface area (Å²) < 4.78 is 22.7. The van der Waals surface area contributed by atoms with Crippen LogP contribution in [-0.2, 0) is 6.54 Å². The van der Waals surface area contributed by atoms with Gasteiger partial charge in [0.1, 0.15) is 23.8 Å². The summed E-state index contributed by atoms with van der Waals surface area (Å²) in [6.07, 6.45) is 0. The maximum atomic E-state index is 12.3. The highest BCUT2D eigenvalue weighted by Gasteiger charge is 2.13. The molecule has 4 rings (SSSR count). The lowest BCUT2D eigenvalue weighted by molar-refractivity contribution is 0.340. The molecule has 0 N–H and O–H groups in total. The van der Waals surface area contributed by atoms with E-state index in [1.807, 2.05) is 31.2 Å². The molecule has 0 bridgehead atoms. The van der Waals surface area contributed by atoms with Gasteiger partial charge in [0.25, 0.3) is 5.56 Å². The molecule has 164 valence electrons. The highest BCUT2D eigenvalue weighted by molar-refractivity contribution is 5.61. The second-order valence-corrected chi connectivity index (χ2v) is 6.78. The highest BCUT2D eigenvalue weighted by Crippen LogP contribution is 2.28. The van der Waals surface area contributed by atoms with Crippen molar-refractivity contribution in [3.8, 4) is 39.9 Å². The normalized spacial score (nSPS) is 10.7. The topological polar surface area (TPSA) is 102 Å². The number of ether oxygens (including phenoxy) is 3. The number of rotatable bonds is 8. The van der Waals surface area contributed by atoms with Crippen molar-refractivity contribution < 1.29 is 18.7 Å². The molecule has 0 amide bonds. The molecule has 0 aliphatic rings. The number of hydrogen-bond donors (Lipinski definition) is 0. The monoisotopic (exact) mass is 434 g/mol. The Balaban J connectivity index is 1.58. The Kier molecular flexibility index (Phi) is 6.16. The first kappa shape index (κ1) is 21.1. The molecule has 0 radical (unpaired) electrons. The zero-order valence-corrected chi connectivity index (χ0v) is 17.9. The third-order valence-corrected chi connectivity index (χ3v) is 4.69. The third-order valence-electron chi connectivity index (χ3n) is 4.69. The molecule has 4 aromatic rings. The zero-order valence-electron chi connectivity index (χ0n) is 17.9. The molecule has 0 spiro atoms. The summed E-state index contributed by atoms with van der Waals surface area (Å²) in [5.74, 6) is 2.59. The number of hydrogen-bond acceptors (Lipinski definition) is 8. The van der Waals surface area contributed by atoms with E-state index in [9.17, 15) is 4.79 Å². The van der Waals surface area contributed by atoms with Crippen molar-refractivity contribution in [3.05, 3.63) is 70.8 Å². The Morgan fingerprint density at radius 3 is 2.28 bits per heavy atom. The third kappa shape index (κ3) is 4.61. The Morgan fingerprint density at radius 2 is 1.62 bits per heavy atom. The maximum absolute atomic E-state index is 12.3. The maximum Gasteiger partial charge on any atom is 0.267 e. The molecule has 0 atom stereocenters. The molecule has 0 fully saturated rings. The quantitative estimate of drug-likeness (QED) is 0.416. The summed E-state index contributed by atoms with van der Waals surface area (Å²) in [5, 5.41) is 8.46. The molecule has 0 saturated heterocycles. The fraction of sp³-hybridized carbons (Fsp3) is 0.217. The van der Waals surface area contributed by atoms with Crippen molar-refractivity contribution in [1.29, 1.82) is 0 Å². The van der Waals surface area contributed by atoms with Crippen LogP contribution in [0.2, 0.25) is 0 Å². The van der Waals surface area contributed by atoms with Gasteiger partial charge < -0.3 is 18.7 Å². The van der Waals surface area contributed by atoms with Crippen LogP contribution < -0.4 is 19.8 Å². The van der Waals surface area contributed by atoms with E-state index in [4.69, 9.17) is 18.7 Å². The van der Waals surface area contributed by atoms with Crippen molar-refractivity contribution >= 4 is 0 Å². The fourth-order valence-corrected chi connectivity index (χ4v) is 3.11. The van der Waals surface area contributed by atoms with Gasteiger partial charge in [0.05, 0.1) is 26.5 Å². The van der Waals surface area contributed by atoms with Gasteiger partial charge in [0.2, 0.25) is 11.7 Å². The smallest absolute Gasteiger partial charge is 0.267 e. The Bertz CT molecular complexity index is 1240. The summed E-state index contributed by atoms with van der Waals surface area (Å²) in [6.45, 7) is 2.56. The van der Waals surface area contributed by atoms with Gasteiger partial charge in [0.15, 0.2) is 0 Å². The van der Waals surface area contributed by atoms with E-state index in [1.165, 1.54) is 10.7 Å². The lowest BCUT2D eigenvalue weighted by Crippen LogP contribution is -2.23. The minimum absolute atomic E-state index is 0.0395. The number of benzene rings is 2. The van der Waals surface area contributed by atoms with E-state index in [0.717, 1.165) is 11.3 Å². The van der Waals surface area contributed by atoms with Gasteiger partial charge in [0, 0.05) is 23.3 Å². The van der Waals surface area contributed by atoms with Crippen molar-refractivity contribution in [1.82, 2.24) is 19.9 Å². The molecule has 0 unspecified atom stereocenters. The van der Waals surface area contributed by atoms with Crippen LogP contribution in [0.1, 0.15) is 12.8 Å². The van der Waals surface area contributed by atoms with Crippen molar-refractivity contribution in [3.63, 3.8) is 0 Å². The van der Waals surface area contributed by atoms with E-state index in [1.54, 1.807) is 38.5 Å². The Hall–Kier alpha value is -4.14. The molecule has 0 aliphatic carbocycles. The van der Waals surface area contributed by atoms with Crippen LogP contribution in [0.4, 0.5) is 0 Å². The van der Waals surface area contributed by atoms with Gasteiger partial charge in [-0.2, -0.15) is 10.1 Å². The van der Waals surface area contributed by atoms with E-state index in [0.29, 0.717) is 35.2 Å². The average Bonchev–Trinajstić information content (AvgIpc) is 3.29. The molecular formula is C23H22N4O5. The summed E-state index contributed by atoms with van der Waals surface area (Å²) in [5.41, 5.74) is 1.89. The van der Waals surface area contributed by atoms with Crippen molar-refractivity contribution in [2.75, 3.05) is 20.8 Å². The minimum atomic E-state index is -0.275.